The van der Waals surface area contributed by atoms with Gasteiger partial charge >= 0.3 is 0 Å². The van der Waals surface area contributed by atoms with Crippen molar-refractivity contribution in [2.24, 2.45) is 0 Å². The third-order valence-electron chi connectivity index (χ3n) is 4.70. The largest absolute Gasteiger partial charge is 0.361 e. The van der Waals surface area contributed by atoms with E-state index in [2.05, 4.69) is 39.5 Å². The number of fused-ring (bicyclic) bond motifs is 1. The van der Waals surface area contributed by atoms with Crippen molar-refractivity contribution < 1.29 is 4.79 Å². The molecule has 2 aromatic carbocycles. The summed E-state index contributed by atoms with van der Waals surface area (Å²) in [5.41, 5.74) is 3.07. The molecule has 1 unspecified atom stereocenters. The maximum Gasteiger partial charge on any atom is 0.252 e. The average molecular weight is 319 g/mol. The summed E-state index contributed by atoms with van der Waals surface area (Å²) in [5.74, 6) is 0.0201. The van der Waals surface area contributed by atoms with Crippen LogP contribution < -0.4 is 5.32 Å². The fourth-order valence-corrected chi connectivity index (χ4v) is 3.48. The molecule has 2 heterocycles. The van der Waals surface area contributed by atoms with Crippen LogP contribution in [0, 0.1) is 0 Å². The number of carbonyl (C=O) groups excluding carboxylic acids is 1. The lowest BCUT2D eigenvalue weighted by atomic mass is 10.1. The van der Waals surface area contributed by atoms with Crippen LogP contribution in [0.3, 0.4) is 0 Å². The Labute approximate surface area is 141 Å². The van der Waals surface area contributed by atoms with Gasteiger partial charge in [-0.25, -0.2) is 0 Å². The first-order chi connectivity index (χ1) is 11.8. The molecule has 4 heteroatoms. The van der Waals surface area contributed by atoms with Gasteiger partial charge in [0.25, 0.3) is 5.91 Å². The van der Waals surface area contributed by atoms with Crippen LogP contribution in [0.15, 0.2) is 60.8 Å². The highest BCUT2D eigenvalue weighted by Crippen LogP contribution is 2.19. The molecule has 0 aliphatic carbocycles. The second kappa shape index (κ2) is 6.49. The molecule has 2 N–H and O–H groups in total. The quantitative estimate of drug-likeness (QED) is 0.776. The average Bonchev–Trinajstić information content (AvgIpc) is 3.24. The summed E-state index contributed by atoms with van der Waals surface area (Å²) in [6.07, 6.45) is 2.88. The highest BCUT2D eigenvalue weighted by Gasteiger charge is 2.24. The first-order valence-electron chi connectivity index (χ1n) is 8.43. The first kappa shape index (κ1) is 15.0. The van der Waals surface area contributed by atoms with Gasteiger partial charge in [-0.3, -0.25) is 9.69 Å². The van der Waals surface area contributed by atoms with Crippen molar-refractivity contribution in [3.8, 4) is 0 Å². The fourth-order valence-electron chi connectivity index (χ4n) is 3.48. The molecule has 4 rings (SSSR count). The van der Waals surface area contributed by atoms with Gasteiger partial charge in [-0.15, -0.1) is 0 Å². The number of H-pyrrole nitrogens is 1. The molecule has 1 saturated heterocycles. The van der Waals surface area contributed by atoms with Crippen molar-refractivity contribution in [2.45, 2.75) is 19.0 Å². The molecule has 24 heavy (non-hydrogen) atoms. The number of benzene rings is 2. The highest BCUT2D eigenvalue weighted by atomic mass is 16.1. The highest BCUT2D eigenvalue weighted by molar-refractivity contribution is 6.06. The van der Waals surface area contributed by atoms with E-state index >= 15 is 0 Å². The topological polar surface area (TPSA) is 48.1 Å². The summed E-state index contributed by atoms with van der Waals surface area (Å²) in [6.45, 7) is 2.87. The second-order valence-electron chi connectivity index (χ2n) is 6.42. The van der Waals surface area contributed by atoms with E-state index in [4.69, 9.17) is 0 Å². The Morgan fingerprint density at radius 2 is 2.00 bits per heavy atom. The summed E-state index contributed by atoms with van der Waals surface area (Å²) in [5, 5.41) is 4.18. The Hall–Kier alpha value is -2.59. The molecular formula is C20H21N3O. The van der Waals surface area contributed by atoms with Gasteiger partial charge in [0.05, 0.1) is 0 Å². The summed E-state index contributed by atoms with van der Waals surface area (Å²) in [4.78, 5) is 18.2. The number of hydrogen-bond donors (Lipinski definition) is 2. The van der Waals surface area contributed by atoms with E-state index in [1.54, 1.807) is 0 Å². The van der Waals surface area contributed by atoms with Crippen LogP contribution in [0.25, 0.3) is 10.9 Å². The lowest BCUT2D eigenvalue weighted by Gasteiger charge is -2.17. The summed E-state index contributed by atoms with van der Waals surface area (Å²) in [7, 11) is 0. The Bertz CT molecular complexity index is 840. The molecule has 1 aromatic heterocycles. The Kier molecular flexibility index (Phi) is 4.05. The Balaban J connectivity index is 1.39. The zero-order chi connectivity index (χ0) is 16.4. The van der Waals surface area contributed by atoms with Crippen LogP contribution in [-0.4, -0.2) is 34.9 Å². The van der Waals surface area contributed by atoms with Crippen molar-refractivity contribution in [3.63, 3.8) is 0 Å². The number of nitrogens with one attached hydrogen (secondary N) is 2. The normalized spacial score (nSPS) is 18.1. The number of hydrogen-bond acceptors (Lipinski definition) is 2. The molecule has 0 spiro atoms. The van der Waals surface area contributed by atoms with Gasteiger partial charge in [0.2, 0.25) is 0 Å². The van der Waals surface area contributed by atoms with E-state index < -0.39 is 0 Å². The third kappa shape index (κ3) is 3.05. The van der Waals surface area contributed by atoms with Crippen molar-refractivity contribution in [1.29, 1.82) is 0 Å². The minimum absolute atomic E-state index is 0.0201. The molecule has 4 nitrogen and oxygen atoms in total. The van der Waals surface area contributed by atoms with Crippen LogP contribution in [0.2, 0.25) is 0 Å². The molecule has 1 amide bonds. The smallest absolute Gasteiger partial charge is 0.252 e. The summed E-state index contributed by atoms with van der Waals surface area (Å²) in [6, 6.07) is 18.5. The number of nitrogens with zero attached hydrogens (tertiary/aromatic N) is 1. The second-order valence-corrected chi connectivity index (χ2v) is 6.42. The minimum atomic E-state index is 0.0201. The van der Waals surface area contributed by atoms with E-state index in [1.807, 2.05) is 36.5 Å². The first-order valence-corrected chi connectivity index (χ1v) is 8.43. The van der Waals surface area contributed by atoms with Crippen molar-refractivity contribution in [1.82, 2.24) is 15.2 Å². The van der Waals surface area contributed by atoms with E-state index in [-0.39, 0.29) is 11.9 Å². The van der Waals surface area contributed by atoms with E-state index in [0.717, 1.165) is 42.5 Å². The van der Waals surface area contributed by atoms with Gasteiger partial charge < -0.3 is 10.3 Å². The van der Waals surface area contributed by atoms with E-state index in [0.29, 0.717) is 0 Å². The predicted molar refractivity (Wildman–Crippen MR) is 95.9 cm³/mol. The number of aromatic nitrogens is 1. The van der Waals surface area contributed by atoms with Gasteiger partial charge in [0.15, 0.2) is 0 Å². The van der Waals surface area contributed by atoms with Gasteiger partial charge in [0, 0.05) is 48.3 Å². The van der Waals surface area contributed by atoms with Crippen LogP contribution in [-0.2, 0) is 6.54 Å². The molecule has 1 atom stereocenters. The molecular weight excluding hydrogens is 298 g/mol. The molecule has 0 bridgehead atoms. The van der Waals surface area contributed by atoms with Crippen LogP contribution in [0.1, 0.15) is 22.3 Å². The molecule has 1 aliphatic heterocycles. The zero-order valence-electron chi connectivity index (χ0n) is 13.5. The van der Waals surface area contributed by atoms with Gasteiger partial charge in [-0.2, -0.15) is 0 Å². The Morgan fingerprint density at radius 1 is 1.12 bits per heavy atom. The number of likely N-dealkylation sites (tertiary alicyclic amines) is 1. The molecule has 0 radical (unpaired) electrons. The number of aromatic amines is 1. The van der Waals surface area contributed by atoms with Crippen LogP contribution in [0.5, 0.6) is 0 Å². The zero-order valence-corrected chi connectivity index (χ0v) is 13.5. The molecule has 3 aromatic rings. The monoisotopic (exact) mass is 319 g/mol. The van der Waals surface area contributed by atoms with Crippen LogP contribution >= 0.6 is 0 Å². The number of rotatable bonds is 4. The summed E-state index contributed by atoms with van der Waals surface area (Å²) >= 11 is 0. The van der Waals surface area contributed by atoms with Crippen LogP contribution in [0.4, 0.5) is 0 Å². The molecule has 122 valence electrons. The summed E-state index contributed by atoms with van der Waals surface area (Å²) < 4.78 is 0. The number of carbonyl (C=O) groups is 1. The van der Waals surface area contributed by atoms with Crippen molar-refractivity contribution >= 4 is 16.8 Å². The lowest BCUT2D eigenvalue weighted by molar-refractivity contribution is 0.0939. The maximum atomic E-state index is 12.6. The maximum absolute atomic E-state index is 12.6. The molecule has 0 saturated carbocycles. The predicted octanol–water partition coefficient (Wildman–Crippen LogP) is 3.17. The van der Waals surface area contributed by atoms with Crippen molar-refractivity contribution in [2.75, 3.05) is 13.1 Å². The molecule has 1 fully saturated rings. The third-order valence-corrected chi connectivity index (χ3v) is 4.70. The van der Waals surface area contributed by atoms with Gasteiger partial charge in [0.1, 0.15) is 0 Å². The van der Waals surface area contributed by atoms with Gasteiger partial charge in [-0.05, 0) is 30.2 Å². The number of amides is 1. The van der Waals surface area contributed by atoms with E-state index in [1.165, 1.54) is 5.56 Å². The molecule has 1 aliphatic rings. The van der Waals surface area contributed by atoms with Gasteiger partial charge in [-0.1, -0.05) is 36.4 Å². The van der Waals surface area contributed by atoms with Crippen molar-refractivity contribution in [3.05, 3.63) is 71.9 Å². The Morgan fingerprint density at radius 3 is 2.88 bits per heavy atom. The lowest BCUT2D eigenvalue weighted by Crippen LogP contribution is -2.37. The minimum Gasteiger partial charge on any atom is -0.361 e. The van der Waals surface area contributed by atoms with E-state index in [9.17, 15) is 4.79 Å². The SMILES string of the molecule is O=C(NC1CCN(Cc2ccccc2)C1)c1cccc2[nH]ccc12. The standard InChI is InChI=1S/C20H21N3O/c24-20(18-7-4-8-19-17(18)9-11-21-19)22-16-10-12-23(14-16)13-15-5-2-1-3-6-15/h1-9,11,16,21H,10,12-14H2,(H,22,24). The fraction of sp³-hybridized carbons (Fsp3) is 0.250.